The number of halogens is 1. The van der Waals surface area contributed by atoms with Crippen molar-refractivity contribution in [3.63, 3.8) is 0 Å². The highest BCUT2D eigenvalue weighted by molar-refractivity contribution is 14.0. The van der Waals surface area contributed by atoms with Gasteiger partial charge in [-0.1, -0.05) is 31.7 Å². The molecule has 2 aromatic heterocycles. The van der Waals surface area contributed by atoms with Gasteiger partial charge in [-0.3, -0.25) is 9.56 Å². The summed E-state index contributed by atoms with van der Waals surface area (Å²) >= 11 is 0. The summed E-state index contributed by atoms with van der Waals surface area (Å²) < 4.78 is 1.94. The normalized spacial score (nSPS) is 24.8. The van der Waals surface area contributed by atoms with E-state index in [4.69, 9.17) is 0 Å². The molecule has 0 radical (unpaired) electrons. The van der Waals surface area contributed by atoms with E-state index < -0.39 is 0 Å². The van der Waals surface area contributed by atoms with Gasteiger partial charge in [-0.15, -0.1) is 24.0 Å². The van der Waals surface area contributed by atoms with E-state index in [9.17, 15) is 0 Å². The standard InChI is InChI=1S/C21H30N6.HI/c1-22-21(26-19-9-8-16-5-2-3-6-17(16)13-19)25-14-18-7-4-10-24-20(18)27-12-11-23-15-27;/h4,7,10-12,15-17,19H,2-3,5-6,8-9,13-14H2,1H3,(H2,22,25,26);1H. The van der Waals surface area contributed by atoms with Crippen molar-refractivity contribution >= 4 is 29.9 Å². The molecule has 2 aromatic rings. The predicted octanol–water partition coefficient (Wildman–Crippen LogP) is 3.91. The maximum absolute atomic E-state index is 4.51. The van der Waals surface area contributed by atoms with Crippen molar-refractivity contribution in [1.29, 1.82) is 0 Å². The molecular formula is C21H31IN6. The predicted molar refractivity (Wildman–Crippen MR) is 123 cm³/mol. The molecule has 0 amide bonds. The van der Waals surface area contributed by atoms with E-state index in [0.717, 1.165) is 29.2 Å². The number of nitrogens with zero attached hydrogens (tertiary/aromatic N) is 4. The third-order valence-corrected chi connectivity index (χ3v) is 6.17. The van der Waals surface area contributed by atoms with Crippen LogP contribution < -0.4 is 10.6 Å². The van der Waals surface area contributed by atoms with Crippen molar-refractivity contribution in [2.24, 2.45) is 16.8 Å². The Kier molecular flexibility index (Phi) is 7.70. The third-order valence-electron chi connectivity index (χ3n) is 6.17. The van der Waals surface area contributed by atoms with Gasteiger partial charge in [0.25, 0.3) is 0 Å². The van der Waals surface area contributed by atoms with Crippen LogP contribution >= 0.6 is 24.0 Å². The molecule has 2 aliphatic rings. The minimum absolute atomic E-state index is 0. The van der Waals surface area contributed by atoms with Crippen molar-refractivity contribution < 1.29 is 0 Å². The Hall–Kier alpha value is -1.64. The Morgan fingerprint density at radius 3 is 2.82 bits per heavy atom. The molecule has 7 heteroatoms. The van der Waals surface area contributed by atoms with Crippen LogP contribution in [0, 0.1) is 11.8 Å². The maximum Gasteiger partial charge on any atom is 0.191 e. The summed E-state index contributed by atoms with van der Waals surface area (Å²) in [6, 6.07) is 4.60. The highest BCUT2D eigenvalue weighted by Gasteiger charge is 2.32. The molecule has 3 unspecified atom stereocenters. The first-order chi connectivity index (χ1) is 13.3. The number of aliphatic imine (C=N–C) groups is 1. The number of imidazole rings is 1. The Labute approximate surface area is 184 Å². The topological polar surface area (TPSA) is 67.1 Å². The minimum atomic E-state index is 0. The molecule has 2 heterocycles. The molecule has 0 aromatic carbocycles. The summed E-state index contributed by atoms with van der Waals surface area (Å²) in [6.45, 7) is 0.680. The number of hydrogen-bond acceptors (Lipinski definition) is 3. The Balaban J connectivity index is 0.00000225. The molecule has 3 atom stereocenters. The molecule has 2 N–H and O–H groups in total. The fourth-order valence-corrected chi connectivity index (χ4v) is 4.76. The second-order valence-electron chi connectivity index (χ2n) is 7.84. The number of pyridine rings is 1. The molecule has 0 saturated heterocycles. The molecule has 2 fully saturated rings. The molecule has 6 nitrogen and oxygen atoms in total. The van der Waals surface area contributed by atoms with Gasteiger partial charge in [-0.2, -0.15) is 0 Å². The summed E-state index contributed by atoms with van der Waals surface area (Å²) in [6.07, 6.45) is 16.9. The lowest BCUT2D eigenvalue weighted by Gasteiger charge is -2.39. The van der Waals surface area contributed by atoms with Crippen LogP contribution in [0.15, 0.2) is 42.0 Å². The van der Waals surface area contributed by atoms with Crippen molar-refractivity contribution in [2.45, 2.75) is 57.5 Å². The Bertz CT molecular complexity index is 760. The molecule has 0 bridgehead atoms. The monoisotopic (exact) mass is 494 g/mol. The Morgan fingerprint density at radius 2 is 2.04 bits per heavy atom. The van der Waals surface area contributed by atoms with Crippen molar-refractivity contribution in [2.75, 3.05) is 7.05 Å². The summed E-state index contributed by atoms with van der Waals surface area (Å²) in [5.74, 6) is 3.67. The number of aromatic nitrogens is 3. The third kappa shape index (κ3) is 5.04. The van der Waals surface area contributed by atoms with Gasteiger partial charge in [0, 0.05) is 43.8 Å². The highest BCUT2D eigenvalue weighted by Crippen LogP contribution is 2.40. The molecule has 0 aliphatic heterocycles. The second kappa shape index (κ2) is 10.2. The van der Waals surface area contributed by atoms with E-state index in [-0.39, 0.29) is 24.0 Å². The first-order valence-corrected chi connectivity index (χ1v) is 10.2. The zero-order chi connectivity index (χ0) is 18.5. The van der Waals surface area contributed by atoms with E-state index in [2.05, 4.69) is 31.7 Å². The van der Waals surface area contributed by atoms with E-state index in [0.29, 0.717) is 12.6 Å². The van der Waals surface area contributed by atoms with Gasteiger partial charge in [-0.25, -0.2) is 9.97 Å². The van der Waals surface area contributed by atoms with Crippen LogP contribution in [0.4, 0.5) is 0 Å². The lowest BCUT2D eigenvalue weighted by atomic mass is 9.69. The van der Waals surface area contributed by atoms with Crippen LogP contribution in [-0.4, -0.2) is 33.6 Å². The van der Waals surface area contributed by atoms with Gasteiger partial charge in [-0.05, 0) is 37.2 Å². The van der Waals surface area contributed by atoms with Gasteiger partial charge in [0.15, 0.2) is 5.96 Å². The van der Waals surface area contributed by atoms with Crippen LogP contribution in [0.1, 0.15) is 50.5 Å². The summed E-state index contributed by atoms with van der Waals surface area (Å²) in [4.78, 5) is 13.1. The first-order valence-electron chi connectivity index (χ1n) is 10.2. The number of rotatable bonds is 4. The zero-order valence-corrected chi connectivity index (χ0v) is 18.9. The molecular weight excluding hydrogens is 463 g/mol. The van der Waals surface area contributed by atoms with Crippen molar-refractivity contribution in [1.82, 2.24) is 25.2 Å². The van der Waals surface area contributed by atoms with Gasteiger partial charge in [0.05, 0.1) is 0 Å². The lowest BCUT2D eigenvalue weighted by molar-refractivity contribution is 0.150. The summed E-state index contributed by atoms with van der Waals surface area (Å²) in [5.41, 5.74) is 1.12. The lowest BCUT2D eigenvalue weighted by Crippen LogP contribution is -2.46. The van der Waals surface area contributed by atoms with Crippen LogP contribution in [-0.2, 0) is 6.54 Å². The van der Waals surface area contributed by atoms with Gasteiger partial charge >= 0.3 is 0 Å². The maximum atomic E-state index is 4.51. The van der Waals surface area contributed by atoms with E-state index in [1.165, 1.54) is 44.9 Å². The molecule has 4 rings (SSSR count). The minimum Gasteiger partial charge on any atom is -0.354 e. The van der Waals surface area contributed by atoms with Crippen LogP contribution in [0.25, 0.3) is 5.82 Å². The number of nitrogens with one attached hydrogen (secondary N) is 2. The Morgan fingerprint density at radius 1 is 1.18 bits per heavy atom. The van der Waals surface area contributed by atoms with Gasteiger partial charge < -0.3 is 10.6 Å². The van der Waals surface area contributed by atoms with E-state index in [1.807, 2.05) is 30.1 Å². The fraction of sp³-hybridized carbons (Fsp3) is 0.571. The highest BCUT2D eigenvalue weighted by atomic mass is 127. The SMILES string of the molecule is CN=C(NCc1cccnc1-n1ccnc1)NC1CCC2CCCCC2C1.I. The number of guanidine groups is 1. The van der Waals surface area contributed by atoms with Gasteiger partial charge in [0.2, 0.25) is 0 Å². The quantitative estimate of drug-likeness (QED) is 0.385. The van der Waals surface area contributed by atoms with Crippen molar-refractivity contribution in [3.8, 4) is 5.82 Å². The van der Waals surface area contributed by atoms with Gasteiger partial charge in [0.1, 0.15) is 12.1 Å². The summed E-state index contributed by atoms with van der Waals surface area (Å²) in [5, 5.41) is 7.14. The van der Waals surface area contributed by atoms with Crippen molar-refractivity contribution in [3.05, 3.63) is 42.6 Å². The number of hydrogen-bond donors (Lipinski definition) is 2. The average Bonchev–Trinajstić information content (AvgIpc) is 3.26. The van der Waals surface area contributed by atoms with E-state index >= 15 is 0 Å². The molecule has 152 valence electrons. The molecule has 28 heavy (non-hydrogen) atoms. The first kappa shape index (κ1) is 21.1. The zero-order valence-electron chi connectivity index (χ0n) is 16.6. The molecule has 0 spiro atoms. The largest absolute Gasteiger partial charge is 0.354 e. The van der Waals surface area contributed by atoms with Crippen LogP contribution in [0.5, 0.6) is 0 Å². The summed E-state index contributed by atoms with van der Waals surface area (Å²) in [7, 11) is 1.85. The second-order valence-corrected chi connectivity index (χ2v) is 7.84. The van der Waals surface area contributed by atoms with Crippen LogP contribution in [0.3, 0.4) is 0 Å². The molecule has 2 aliphatic carbocycles. The fourth-order valence-electron chi connectivity index (χ4n) is 4.76. The van der Waals surface area contributed by atoms with Crippen LogP contribution in [0.2, 0.25) is 0 Å². The van der Waals surface area contributed by atoms with E-state index in [1.54, 1.807) is 12.5 Å². The average molecular weight is 494 g/mol. The smallest absolute Gasteiger partial charge is 0.191 e. The molecule has 2 saturated carbocycles. The number of fused-ring (bicyclic) bond motifs is 1.